The molecule has 2 heterocycles. The number of hydrogen-bond donors (Lipinski definition) is 1. The van der Waals surface area contributed by atoms with Gasteiger partial charge >= 0.3 is 0 Å². The first-order valence-electron chi connectivity index (χ1n) is 6.78. The fourth-order valence-corrected chi connectivity index (χ4v) is 2.63. The van der Waals surface area contributed by atoms with Crippen LogP contribution >= 0.6 is 0 Å². The molecule has 102 valence electrons. The minimum absolute atomic E-state index is 0.00271. The second kappa shape index (κ2) is 5.36. The predicted molar refractivity (Wildman–Crippen MR) is 69.1 cm³/mol. The molecule has 0 bridgehead atoms. The minimum Gasteiger partial charge on any atom is -0.314 e. The maximum atomic E-state index is 11.5. The van der Waals surface area contributed by atoms with E-state index in [1.54, 1.807) is 0 Å². The van der Waals surface area contributed by atoms with Gasteiger partial charge in [0.25, 0.3) is 0 Å². The lowest BCUT2D eigenvalue weighted by atomic mass is 9.90. The van der Waals surface area contributed by atoms with Crippen LogP contribution in [0.15, 0.2) is 0 Å². The molecule has 0 aromatic heterocycles. The highest BCUT2D eigenvalue weighted by atomic mass is 16.2. The molecule has 0 spiro atoms. The van der Waals surface area contributed by atoms with Crippen LogP contribution in [0.5, 0.6) is 0 Å². The van der Waals surface area contributed by atoms with E-state index in [2.05, 4.69) is 17.1 Å². The van der Waals surface area contributed by atoms with Crippen molar-refractivity contribution in [2.24, 2.45) is 0 Å². The number of hydrogen-bond acceptors (Lipinski definition) is 4. The van der Waals surface area contributed by atoms with Crippen molar-refractivity contribution in [2.45, 2.75) is 38.1 Å². The van der Waals surface area contributed by atoms with Crippen LogP contribution in [0.2, 0.25) is 0 Å². The maximum Gasteiger partial charge on any atom is 0.229 e. The molecule has 0 aromatic rings. The molecule has 5 nitrogen and oxygen atoms in total. The van der Waals surface area contributed by atoms with E-state index in [1.807, 2.05) is 7.05 Å². The first-order chi connectivity index (χ1) is 8.54. The number of amides is 2. The zero-order valence-electron chi connectivity index (χ0n) is 11.4. The molecule has 0 saturated carbocycles. The summed E-state index contributed by atoms with van der Waals surface area (Å²) < 4.78 is 0. The third-order valence-corrected chi connectivity index (χ3v) is 4.36. The highest BCUT2D eigenvalue weighted by Gasteiger charge is 2.31. The summed E-state index contributed by atoms with van der Waals surface area (Å²) in [4.78, 5) is 26.7. The molecule has 0 radical (unpaired) electrons. The van der Waals surface area contributed by atoms with E-state index in [9.17, 15) is 9.59 Å². The number of carbonyl (C=O) groups excluding carboxylic acids is 2. The van der Waals surface area contributed by atoms with Gasteiger partial charge in [-0.15, -0.1) is 0 Å². The van der Waals surface area contributed by atoms with Crippen LogP contribution in [0.4, 0.5) is 0 Å². The first kappa shape index (κ1) is 13.5. The maximum absolute atomic E-state index is 11.5. The van der Waals surface area contributed by atoms with Gasteiger partial charge in [-0.05, 0) is 39.9 Å². The topological polar surface area (TPSA) is 52.6 Å². The van der Waals surface area contributed by atoms with Crippen molar-refractivity contribution in [1.82, 2.24) is 15.1 Å². The number of nitrogens with one attached hydrogen (secondary N) is 1. The van der Waals surface area contributed by atoms with Gasteiger partial charge < -0.3 is 10.2 Å². The lowest BCUT2D eigenvalue weighted by molar-refractivity contribution is -0.138. The molecule has 2 aliphatic rings. The SMILES string of the molecule is CNC1(C)CCN(CCN2C(=O)CCC2=O)CC1. The van der Waals surface area contributed by atoms with Crippen LogP contribution in [-0.4, -0.2) is 60.4 Å². The van der Waals surface area contributed by atoms with Crippen molar-refractivity contribution in [3.05, 3.63) is 0 Å². The molecule has 1 N–H and O–H groups in total. The summed E-state index contributed by atoms with van der Waals surface area (Å²) in [7, 11) is 2.01. The largest absolute Gasteiger partial charge is 0.314 e. The highest BCUT2D eigenvalue weighted by molar-refractivity contribution is 6.01. The Hall–Kier alpha value is -0.940. The molecular weight excluding hydrogens is 230 g/mol. The van der Waals surface area contributed by atoms with Crippen molar-refractivity contribution < 1.29 is 9.59 Å². The van der Waals surface area contributed by atoms with Gasteiger partial charge in [0.05, 0.1) is 0 Å². The lowest BCUT2D eigenvalue weighted by Crippen LogP contribution is -2.51. The Morgan fingerprint density at radius 3 is 2.17 bits per heavy atom. The van der Waals surface area contributed by atoms with Gasteiger partial charge in [0.15, 0.2) is 0 Å². The zero-order valence-corrected chi connectivity index (χ0v) is 11.4. The summed E-state index contributed by atoms with van der Waals surface area (Å²) in [5.74, 6) is -0.00542. The van der Waals surface area contributed by atoms with Crippen LogP contribution in [0, 0.1) is 0 Å². The zero-order chi connectivity index (χ0) is 13.2. The molecule has 18 heavy (non-hydrogen) atoms. The third-order valence-electron chi connectivity index (χ3n) is 4.36. The number of piperidine rings is 1. The summed E-state index contributed by atoms with van der Waals surface area (Å²) in [6, 6.07) is 0. The van der Waals surface area contributed by atoms with Crippen molar-refractivity contribution in [3.63, 3.8) is 0 Å². The van der Waals surface area contributed by atoms with E-state index in [0.29, 0.717) is 19.4 Å². The van der Waals surface area contributed by atoms with E-state index >= 15 is 0 Å². The quantitative estimate of drug-likeness (QED) is 0.728. The summed E-state index contributed by atoms with van der Waals surface area (Å²) in [5.41, 5.74) is 0.246. The second-order valence-corrected chi connectivity index (χ2v) is 5.59. The Bertz CT molecular complexity index is 319. The van der Waals surface area contributed by atoms with Crippen molar-refractivity contribution in [1.29, 1.82) is 0 Å². The molecule has 2 rings (SSSR count). The van der Waals surface area contributed by atoms with Crippen LogP contribution in [0.1, 0.15) is 32.6 Å². The number of likely N-dealkylation sites (tertiary alicyclic amines) is 2. The van der Waals surface area contributed by atoms with Crippen LogP contribution in [0.3, 0.4) is 0 Å². The third kappa shape index (κ3) is 2.90. The van der Waals surface area contributed by atoms with E-state index < -0.39 is 0 Å². The molecule has 0 aliphatic carbocycles. The van der Waals surface area contributed by atoms with Crippen LogP contribution < -0.4 is 5.32 Å². The fraction of sp³-hybridized carbons (Fsp3) is 0.846. The van der Waals surface area contributed by atoms with Crippen LogP contribution in [-0.2, 0) is 9.59 Å². The van der Waals surface area contributed by atoms with E-state index in [4.69, 9.17) is 0 Å². The Morgan fingerprint density at radius 2 is 1.67 bits per heavy atom. The van der Waals surface area contributed by atoms with Crippen LogP contribution in [0.25, 0.3) is 0 Å². The Labute approximate surface area is 108 Å². The van der Waals surface area contributed by atoms with Gasteiger partial charge in [0.2, 0.25) is 11.8 Å². The number of rotatable bonds is 4. The average Bonchev–Trinajstić information content (AvgIpc) is 2.69. The number of carbonyl (C=O) groups is 2. The number of nitrogens with zero attached hydrogens (tertiary/aromatic N) is 2. The normalized spacial score (nSPS) is 24.9. The molecule has 2 saturated heterocycles. The van der Waals surface area contributed by atoms with E-state index in [0.717, 1.165) is 32.5 Å². The van der Waals surface area contributed by atoms with Gasteiger partial charge in [-0.2, -0.15) is 0 Å². The van der Waals surface area contributed by atoms with Gasteiger partial charge in [-0.3, -0.25) is 14.5 Å². The molecule has 0 aromatic carbocycles. The Morgan fingerprint density at radius 1 is 1.11 bits per heavy atom. The fourth-order valence-electron chi connectivity index (χ4n) is 2.63. The second-order valence-electron chi connectivity index (χ2n) is 5.59. The molecular formula is C13H23N3O2. The lowest BCUT2D eigenvalue weighted by Gasteiger charge is -2.39. The molecule has 0 unspecified atom stereocenters. The van der Waals surface area contributed by atoms with E-state index in [-0.39, 0.29) is 17.4 Å². The molecule has 5 heteroatoms. The van der Waals surface area contributed by atoms with Crippen molar-refractivity contribution >= 4 is 11.8 Å². The Balaban J connectivity index is 1.75. The number of imide groups is 1. The standard InChI is InChI=1S/C13H23N3O2/c1-13(14-2)5-7-15(8-6-13)9-10-16-11(17)3-4-12(16)18/h14H,3-10H2,1-2H3. The summed E-state index contributed by atoms with van der Waals surface area (Å²) >= 11 is 0. The molecule has 0 atom stereocenters. The van der Waals surface area contributed by atoms with E-state index in [1.165, 1.54) is 4.90 Å². The predicted octanol–water partition coefficient (Wildman–Crippen LogP) is 0.209. The minimum atomic E-state index is -0.00271. The smallest absolute Gasteiger partial charge is 0.229 e. The monoisotopic (exact) mass is 253 g/mol. The summed E-state index contributed by atoms with van der Waals surface area (Å²) in [6.45, 7) is 5.70. The highest BCUT2D eigenvalue weighted by Crippen LogP contribution is 2.21. The van der Waals surface area contributed by atoms with Gasteiger partial charge in [-0.25, -0.2) is 0 Å². The average molecular weight is 253 g/mol. The molecule has 2 fully saturated rings. The van der Waals surface area contributed by atoms with Gasteiger partial charge in [-0.1, -0.05) is 0 Å². The summed E-state index contributed by atoms with van der Waals surface area (Å²) in [6.07, 6.45) is 3.03. The van der Waals surface area contributed by atoms with Gasteiger partial charge in [0, 0.05) is 31.5 Å². The van der Waals surface area contributed by atoms with Gasteiger partial charge in [0.1, 0.15) is 0 Å². The first-order valence-corrected chi connectivity index (χ1v) is 6.78. The van der Waals surface area contributed by atoms with Crippen molar-refractivity contribution in [2.75, 3.05) is 33.2 Å². The Kier molecular flexibility index (Phi) is 4.02. The molecule has 2 aliphatic heterocycles. The van der Waals surface area contributed by atoms with Crippen molar-refractivity contribution in [3.8, 4) is 0 Å². The molecule has 2 amide bonds. The summed E-state index contributed by atoms with van der Waals surface area (Å²) in [5, 5.41) is 3.37.